The molecule has 1 atom stereocenters. The van der Waals surface area contributed by atoms with Crippen molar-refractivity contribution in [1.29, 1.82) is 0 Å². The third kappa shape index (κ3) is 2.63. The number of aliphatic hydroxyl groups is 1. The van der Waals surface area contributed by atoms with E-state index in [1.165, 1.54) is 0 Å². The van der Waals surface area contributed by atoms with Gasteiger partial charge in [0.2, 0.25) is 0 Å². The van der Waals surface area contributed by atoms with Crippen molar-refractivity contribution in [3.05, 3.63) is 64.4 Å². The van der Waals surface area contributed by atoms with E-state index in [2.05, 4.69) is 5.32 Å². The molecule has 0 radical (unpaired) electrons. The summed E-state index contributed by atoms with van der Waals surface area (Å²) in [6, 6.07) is 13.6. The van der Waals surface area contributed by atoms with Crippen molar-refractivity contribution >= 4 is 23.1 Å². The lowest BCUT2D eigenvalue weighted by Crippen LogP contribution is -2.43. The van der Waals surface area contributed by atoms with E-state index in [4.69, 9.17) is 11.6 Å². The highest BCUT2D eigenvalue weighted by Crippen LogP contribution is 2.47. The molecule has 128 valence electrons. The first-order valence-electron chi connectivity index (χ1n) is 8.53. The van der Waals surface area contributed by atoms with E-state index in [1.807, 2.05) is 56.3 Å². The van der Waals surface area contributed by atoms with Crippen LogP contribution in [0.1, 0.15) is 30.9 Å². The second kappa shape index (κ2) is 5.63. The number of rotatable bonds is 3. The molecule has 0 spiro atoms. The van der Waals surface area contributed by atoms with Crippen molar-refractivity contribution in [3.63, 3.8) is 0 Å². The fraction of sp³-hybridized carbons (Fsp3) is 0.286. The topological polar surface area (TPSA) is 49.3 Å². The minimum absolute atomic E-state index is 0.177. The van der Waals surface area contributed by atoms with Crippen LogP contribution in [0.3, 0.4) is 0 Å². The third-order valence-electron chi connectivity index (χ3n) is 5.41. The second-order valence-electron chi connectivity index (χ2n) is 7.19. The summed E-state index contributed by atoms with van der Waals surface area (Å²) in [6.07, 6.45) is 2.08. The molecule has 1 aliphatic carbocycles. The van der Waals surface area contributed by atoms with E-state index in [1.54, 1.807) is 0 Å². The number of benzene rings is 2. The average Bonchev–Trinajstić information content (AvgIpc) is 3.39. The number of carbonyl (C=O) groups excluding carboxylic acids is 1. The number of halogens is 1. The number of aliphatic hydroxyl groups excluding tert-OH is 1. The highest BCUT2D eigenvalue weighted by molar-refractivity contribution is 6.30. The van der Waals surface area contributed by atoms with E-state index >= 15 is 0 Å². The predicted octanol–water partition coefficient (Wildman–Crippen LogP) is 4.88. The molecule has 2 aromatic carbocycles. The lowest BCUT2D eigenvalue weighted by Gasteiger charge is -2.24. The average molecular weight is 354 g/mol. The molecular weight excluding hydrogens is 334 g/mol. The summed E-state index contributed by atoms with van der Waals surface area (Å²) in [7, 11) is 0. The first-order chi connectivity index (χ1) is 11.9. The molecule has 4 rings (SSSR count). The van der Waals surface area contributed by atoms with Crippen LogP contribution < -0.4 is 5.32 Å². The molecule has 0 saturated heterocycles. The van der Waals surface area contributed by atoms with Gasteiger partial charge in [-0.05, 0) is 73.1 Å². The van der Waals surface area contributed by atoms with Gasteiger partial charge in [0.05, 0.1) is 11.1 Å². The Morgan fingerprint density at radius 2 is 1.76 bits per heavy atom. The molecule has 1 amide bonds. The van der Waals surface area contributed by atoms with Crippen molar-refractivity contribution < 1.29 is 9.90 Å². The molecule has 1 heterocycles. The van der Waals surface area contributed by atoms with Crippen LogP contribution in [0.4, 0.5) is 0 Å². The Bertz CT molecular complexity index is 897. The zero-order valence-electron chi connectivity index (χ0n) is 14.3. The van der Waals surface area contributed by atoms with Gasteiger partial charge in [0.25, 0.3) is 5.91 Å². The number of hydrogen-bond donors (Lipinski definition) is 2. The zero-order chi connectivity index (χ0) is 17.8. The number of nitrogens with one attached hydrogen (secondary N) is 1. The molecule has 3 nitrogen and oxygen atoms in total. The minimum atomic E-state index is -0.630. The van der Waals surface area contributed by atoms with E-state index in [0.717, 1.165) is 35.1 Å². The second-order valence-corrected chi connectivity index (χ2v) is 7.63. The summed E-state index contributed by atoms with van der Waals surface area (Å²) >= 11 is 5.97. The monoisotopic (exact) mass is 353 g/mol. The number of hydrogen-bond acceptors (Lipinski definition) is 2. The molecule has 25 heavy (non-hydrogen) atoms. The van der Waals surface area contributed by atoms with Crippen LogP contribution in [0.5, 0.6) is 0 Å². The van der Waals surface area contributed by atoms with Crippen LogP contribution in [-0.2, 0) is 4.79 Å². The van der Waals surface area contributed by atoms with Crippen LogP contribution >= 0.6 is 11.6 Å². The Hall–Kier alpha value is -2.26. The third-order valence-corrected chi connectivity index (χ3v) is 5.66. The van der Waals surface area contributed by atoms with Crippen molar-refractivity contribution in [2.75, 3.05) is 0 Å². The smallest absolute Gasteiger partial charge is 0.256 e. The van der Waals surface area contributed by atoms with E-state index in [9.17, 15) is 9.90 Å². The summed E-state index contributed by atoms with van der Waals surface area (Å²) in [5.41, 5.74) is 3.54. The van der Waals surface area contributed by atoms with Gasteiger partial charge in [0.15, 0.2) is 0 Å². The maximum atomic E-state index is 12.6. The zero-order valence-corrected chi connectivity index (χ0v) is 15.0. The molecule has 0 bridgehead atoms. The van der Waals surface area contributed by atoms with Crippen molar-refractivity contribution in [2.45, 2.75) is 32.2 Å². The highest BCUT2D eigenvalue weighted by Gasteiger charge is 2.51. The van der Waals surface area contributed by atoms with Crippen LogP contribution in [0.2, 0.25) is 5.02 Å². The van der Waals surface area contributed by atoms with Gasteiger partial charge in [-0.25, -0.2) is 0 Å². The van der Waals surface area contributed by atoms with E-state index in [0.29, 0.717) is 16.5 Å². The van der Waals surface area contributed by atoms with Gasteiger partial charge in [-0.3, -0.25) is 4.79 Å². The van der Waals surface area contributed by atoms with Gasteiger partial charge in [0, 0.05) is 5.02 Å². The van der Waals surface area contributed by atoms with Crippen molar-refractivity contribution in [2.24, 2.45) is 5.92 Å². The first-order valence-corrected chi connectivity index (χ1v) is 8.91. The van der Waals surface area contributed by atoms with Crippen molar-refractivity contribution in [1.82, 2.24) is 5.32 Å². The van der Waals surface area contributed by atoms with E-state index < -0.39 is 5.54 Å². The summed E-state index contributed by atoms with van der Waals surface area (Å²) in [5.74, 6) is 0.313. The minimum Gasteiger partial charge on any atom is -0.509 e. The van der Waals surface area contributed by atoms with Gasteiger partial charge in [-0.1, -0.05) is 35.9 Å². The van der Waals surface area contributed by atoms with Gasteiger partial charge >= 0.3 is 0 Å². The summed E-state index contributed by atoms with van der Waals surface area (Å²) in [6.45, 7) is 3.88. The summed E-state index contributed by atoms with van der Waals surface area (Å²) < 4.78 is 0. The number of aryl methyl sites for hydroxylation is 1. The molecule has 1 unspecified atom stereocenters. The predicted molar refractivity (Wildman–Crippen MR) is 100 cm³/mol. The first kappa shape index (κ1) is 16.2. The molecular formula is C21H20ClNO2. The maximum absolute atomic E-state index is 12.6. The molecule has 2 aliphatic rings. The Morgan fingerprint density at radius 3 is 2.40 bits per heavy atom. The fourth-order valence-corrected chi connectivity index (χ4v) is 3.77. The molecule has 1 fully saturated rings. The highest BCUT2D eigenvalue weighted by atomic mass is 35.5. The van der Waals surface area contributed by atoms with Crippen molar-refractivity contribution in [3.8, 4) is 11.1 Å². The van der Waals surface area contributed by atoms with Gasteiger partial charge in [-0.15, -0.1) is 0 Å². The number of carbonyl (C=O) groups is 1. The SMILES string of the molecule is Cc1ccc(-c2ccc(Cl)cc2)cc1C1=C(O)C(C)(C2CC2)NC1=O. The van der Waals surface area contributed by atoms with Crippen LogP contribution in [0.15, 0.2) is 48.2 Å². The Balaban J connectivity index is 1.82. The molecule has 4 heteroatoms. The van der Waals surface area contributed by atoms with Gasteiger partial charge in [-0.2, -0.15) is 0 Å². The molecule has 1 aliphatic heterocycles. The van der Waals surface area contributed by atoms with Gasteiger partial charge < -0.3 is 10.4 Å². The standard InChI is InChI=1S/C21H20ClNO2/c1-12-3-4-14(13-5-9-16(22)10-6-13)11-17(12)18-19(24)21(2,15-7-8-15)23-20(18)25/h3-6,9-11,15,24H,7-8H2,1-2H3,(H,23,25). The normalized spacial score (nSPS) is 23.1. The molecule has 1 saturated carbocycles. The number of amides is 1. The molecule has 2 aromatic rings. The summed E-state index contributed by atoms with van der Waals surface area (Å²) in [4.78, 5) is 12.6. The lowest BCUT2D eigenvalue weighted by atomic mass is 9.90. The quantitative estimate of drug-likeness (QED) is 0.825. The molecule has 2 N–H and O–H groups in total. The van der Waals surface area contributed by atoms with Crippen LogP contribution in [-0.4, -0.2) is 16.6 Å². The Kier molecular flexibility index (Phi) is 3.66. The van der Waals surface area contributed by atoms with Gasteiger partial charge in [0.1, 0.15) is 5.76 Å². The van der Waals surface area contributed by atoms with Crippen LogP contribution in [0, 0.1) is 12.8 Å². The Labute approximate surface area is 152 Å². The maximum Gasteiger partial charge on any atom is 0.256 e. The lowest BCUT2D eigenvalue weighted by molar-refractivity contribution is -0.116. The fourth-order valence-electron chi connectivity index (χ4n) is 3.64. The summed E-state index contributed by atoms with van der Waals surface area (Å²) in [5, 5.41) is 14.5. The Morgan fingerprint density at radius 1 is 1.12 bits per heavy atom. The molecule has 0 aromatic heterocycles. The van der Waals surface area contributed by atoms with Crippen LogP contribution in [0.25, 0.3) is 16.7 Å². The largest absolute Gasteiger partial charge is 0.509 e. The van der Waals surface area contributed by atoms with E-state index in [-0.39, 0.29) is 11.7 Å².